The smallest absolute Gasteiger partial charge is 0.243 e. The van der Waals surface area contributed by atoms with Crippen molar-refractivity contribution in [1.29, 1.82) is 0 Å². The lowest BCUT2D eigenvalue weighted by molar-refractivity contribution is -0.145. The van der Waals surface area contributed by atoms with Gasteiger partial charge in [-0.3, -0.25) is 24.1 Å². The van der Waals surface area contributed by atoms with E-state index >= 15 is 0 Å². The van der Waals surface area contributed by atoms with Crippen LogP contribution in [0.4, 0.5) is 17.1 Å². The van der Waals surface area contributed by atoms with Crippen LogP contribution in [0.15, 0.2) is 48.5 Å². The second kappa shape index (κ2) is 12.1. The van der Waals surface area contributed by atoms with Crippen LogP contribution in [0.5, 0.6) is 0 Å². The second-order valence-electron chi connectivity index (χ2n) is 9.15. The Labute approximate surface area is 220 Å². The first-order valence-electron chi connectivity index (χ1n) is 12.3. The third-order valence-electron chi connectivity index (χ3n) is 6.42. The molecule has 4 amide bonds. The van der Waals surface area contributed by atoms with Crippen LogP contribution in [-0.4, -0.2) is 85.3 Å². The standard InChI is InChI=1S/C26H31ClN6O4/c1-18(34)29-20-5-7-21(8-6-20)30-24(35)16-23-26(37)28-9-10-33(23)25(36)17-31-11-13-32(14-12-31)22-4-2-3-19(27)15-22/h2-8,15,23H,9-14,16-17H2,1H3,(H,28,37)(H,29,34)(H,30,35). The third kappa shape index (κ3) is 7.21. The number of amides is 4. The number of carbonyl (C=O) groups excluding carboxylic acids is 4. The van der Waals surface area contributed by atoms with E-state index in [-0.39, 0.29) is 36.6 Å². The summed E-state index contributed by atoms with van der Waals surface area (Å²) < 4.78 is 0. The third-order valence-corrected chi connectivity index (χ3v) is 6.66. The van der Waals surface area contributed by atoms with E-state index in [1.807, 2.05) is 24.3 Å². The first-order chi connectivity index (χ1) is 17.8. The minimum atomic E-state index is -0.868. The molecule has 2 aromatic carbocycles. The average Bonchev–Trinajstić information content (AvgIpc) is 2.86. The van der Waals surface area contributed by atoms with Crippen LogP contribution in [0.2, 0.25) is 5.02 Å². The van der Waals surface area contributed by atoms with Crippen LogP contribution in [0, 0.1) is 0 Å². The van der Waals surface area contributed by atoms with Crippen molar-refractivity contribution in [2.75, 3.05) is 61.3 Å². The number of rotatable bonds is 7. The zero-order chi connectivity index (χ0) is 26.4. The SMILES string of the molecule is CC(=O)Nc1ccc(NC(=O)CC2C(=O)NCCN2C(=O)CN2CCN(c3cccc(Cl)c3)CC2)cc1. The molecule has 2 aromatic rings. The van der Waals surface area contributed by atoms with Crippen molar-refractivity contribution in [3.63, 3.8) is 0 Å². The van der Waals surface area contributed by atoms with E-state index < -0.39 is 6.04 Å². The Morgan fingerprint density at radius 2 is 1.65 bits per heavy atom. The van der Waals surface area contributed by atoms with E-state index in [9.17, 15) is 19.2 Å². The van der Waals surface area contributed by atoms with Gasteiger partial charge < -0.3 is 25.8 Å². The predicted molar refractivity (Wildman–Crippen MR) is 143 cm³/mol. The van der Waals surface area contributed by atoms with E-state index in [1.165, 1.54) is 11.8 Å². The number of nitrogens with one attached hydrogen (secondary N) is 3. The number of carbonyl (C=O) groups is 4. The number of piperazine rings is 2. The first-order valence-corrected chi connectivity index (χ1v) is 12.6. The molecule has 2 aliphatic heterocycles. The van der Waals surface area contributed by atoms with Crippen LogP contribution < -0.4 is 20.9 Å². The fraction of sp³-hybridized carbons (Fsp3) is 0.385. The van der Waals surface area contributed by atoms with Crippen molar-refractivity contribution in [1.82, 2.24) is 15.1 Å². The highest BCUT2D eigenvalue weighted by Crippen LogP contribution is 2.21. The molecule has 0 radical (unpaired) electrons. The Bertz CT molecular complexity index is 1150. The van der Waals surface area contributed by atoms with Crippen molar-refractivity contribution in [3.8, 4) is 0 Å². The molecule has 2 heterocycles. The Hall–Kier alpha value is -3.63. The summed E-state index contributed by atoms with van der Waals surface area (Å²) in [5.74, 6) is -1.06. The van der Waals surface area contributed by atoms with Crippen molar-refractivity contribution in [2.45, 2.75) is 19.4 Å². The Balaban J connectivity index is 1.31. The van der Waals surface area contributed by atoms with Crippen LogP contribution in [0.3, 0.4) is 0 Å². The average molecular weight is 527 g/mol. The van der Waals surface area contributed by atoms with Gasteiger partial charge in [0.05, 0.1) is 13.0 Å². The number of nitrogens with zero attached hydrogens (tertiary/aromatic N) is 3. The van der Waals surface area contributed by atoms with Crippen LogP contribution in [0.1, 0.15) is 13.3 Å². The maximum atomic E-state index is 13.2. The van der Waals surface area contributed by atoms with Gasteiger partial charge in [0.2, 0.25) is 23.6 Å². The molecule has 0 bridgehead atoms. The summed E-state index contributed by atoms with van der Waals surface area (Å²) in [5, 5.41) is 8.87. The van der Waals surface area contributed by atoms with Crippen LogP contribution in [0.25, 0.3) is 0 Å². The normalized spacial score (nSPS) is 18.2. The molecule has 2 aliphatic rings. The molecule has 0 spiro atoms. The molecule has 10 nitrogen and oxygen atoms in total. The quantitative estimate of drug-likeness (QED) is 0.507. The van der Waals surface area contributed by atoms with Gasteiger partial charge >= 0.3 is 0 Å². The maximum absolute atomic E-state index is 13.2. The molecule has 3 N–H and O–H groups in total. The molecule has 0 aliphatic carbocycles. The molecule has 2 saturated heterocycles. The molecule has 11 heteroatoms. The zero-order valence-corrected chi connectivity index (χ0v) is 21.5. The van der Waals surface area contributed by atoms with E-state index in [1.54, 1.807) is 24.3 Å². The molecule has 0 saturated carbocycles. The lowest BCUT2D eigenvalue weighted by Crippen LogP contribution is -2.60. The summed E-state index contributed by atoms with van der Waals surface area (Å²) in [6.07, 6.45) is -0.145. The molecular weight excluding hydrogens is 496 g/mol. The van der Waals surface area contributed by atoms with Crippen LogP contribution in [-0.2, 0) is 19.2 Å². The van der Waals surface area contributed by atoms with E-state index in [2.05, 4.69) is 25.8 Å². The summed E-state index contributed by atoms with van der Waals surface area (Å²) in [7, 11) is 0. The predicted octanol–water partition coefficient (Wildman–Crippen LogP) is 1.78. The topological polar surface area (TPSA) is 114 Å². The number of hydrogen-bond donors (Lipinski definition) is 3. The van der Waals surface area contributed by atoms with E-state index in [0.29, 0.717) is 42.6 Å². The first kappa shape index (κ1) is 26.4. The van der Waals surface area contributed by atoms with Crippen molar-refractivity contribution in [2.24, 2.45) is 0 Å². The van der Waals surface area contributed by atoms with Gasteiger partial charge in [-0.05, 0) is 42.5 Å². The maximum Gasteiger partial charge on any atom is 0.243 e. The lowest BCUT2D eigenvalue weighted by Gasteiger charge is -2.39. The second-order valence-corrected chi connectivity index (χ2v) is 9.58. The van der Waals surface area contributed by atoms with Gasteiger partial charge in [-0.15, -0.1) is 0 Å². The fourth-order valence-corrected chi connectivity index (χ4v) is 4.75. The number of halogens is 1. The van der Waals surface area contributed by atoms with Crippen molar-refractivity contribution >= 4 is 52.3 Å². The van der Waals surface area contributed by atoms with Gasteiger partial charge in [0.15, 0.2) is 0 Å². The summed E-state index contributed by atoms with van der Waals surface area (Å²) in [4.78, 5) is 55.5. The van der Waals surface area contributed by atoms with Crippen molar-refractivity contribution in [3.05, 3.63) is 53.6 Å². The molecule has 196 valence electrons. The van der Waals surface area contributed by atoms with Gasteiger partial charge in [-0.2, -0.15) is 0 Å². The van der Waals surface area contributed by atoms with Crippen molar-refractivity contribution < 1.29 is 19.2 Å². The molecule has 4 rings (SSSR count). The van der Waals surface area contributed by atoms with Gasteiger partial charge in [0.1, 0.15) is 6.04 Å². The molecular formula is C26H31ClN6O4. The van der Waals surface area contributed by atoms with Gasteiger partial charge in [0.25, 0.3) is 0 Å². The highest BCUT2D eigenvalue weighted by molar-refractivity contribution is 6.30. The minimum Gasteiger partial charge on any atom is -0.369 e. The number of anilines is 3. The molecule has 1 atom stereocenters. The van der Waals surface area contributed by atoms with Gasteiger partial charge in [0, 0.05) is 68.3 Å². The minimum absolute atomic E-state index is 0.145. The van der Waals surface area contributed by atoms with Gasteiger partial charge in [-0.25, -0.2) is 0 Å². The monoisotopic (exact) mass is 526 g/mol. The largest absolute Gasteiger partial charge is 0.369 e. The zero-order valence-electron chi connectivity index (χ0n) is 20.7. The number of hydrogen-bond acceptors (Lipinski definition) is 6. The lowest BCUT2D eigenvalue weighted by atomic mass is 10.1. The molecule has 0 aromatic heterocycles. The Morgan fingerprint density at radius 3 is 2.30 bits per heavy atom. The summed E-state index contributed by atoms with van der Waals surface area (Å²) >= 11 is 6.11. The fourth-order valence-electron chi connectivity index (χ4n) is 4.56. The Morgan fingerprint density at radius 1 is 0.973 bits per heavy atom. The highest BCUT2D eigenvalue weighted by atomic mass is 35.5. The Kier molecular flexibility index (Phi) is 8.62. The van der Waals surface area contributed by atoms with Crippen LogP contribution >= 0.6 is 11.6 Å². The number of benzene rings is 2. The van der Waals surface area contributed by atoms with Gasteiger partial charge in [-0.1, -0.05) is 17.7 Å². The summed E-state index contributed by atoms with van der Waals surface area (Å²) in [5.41, 5.74) is 2.20. The highest BCUT2D eigenvalue weighted by Gasteiger charge is 2.35. The molecule has 1 unspecified atom stereocenters. The summed E-state index contributed by atoms with van der Waals surface area (Å²) in [6.45, 7) is 5.27. The molecule has 2 fully saturated rings. The molecule has 37 heavy (non-hydrogen) atoms. The van der Waals surface area contributed by atoms with E-state index in [4.69, 9.17) is 11.6 Å². The summed E-state index contributed by atoms with van der Waals surface area (Å²) in [6, 6.07) is 13.5. The van der Waals surface area contributed by atoms with E-state index in [0.717, 1.165) is 18.8 Å².